The molecule has 5 heterocycles. The molecule has 1 aromatic heterocycles. The summed E-state index contributed by atoms with van der Waals surface area (Å²) in [5.41, 5.74) is 4.62. The lowest BCUT2D eigenvalue weighted by Gasteiger charge is -2.36. The van der Waals surface area contributed by atoms with Crippen LogP contribution in [0.2, 0.25) is 0 Å². The number of rotatable bonds is 16. The van der Waals surface area contributed by atoms with E-state index in [0.29, 0.717) is 97.3 Å². The SMILES string of the molecule is O=C(CN1CCN(c2ccc(C(=O)Nc3n[nH]c4cc(-c5cc(F)cc(F)c5)ccc34)c(NC3CCOCC3)c2)CC1)NCCCCCNc1cccc2c1C(=O)N(C1CCC(=O)NC1=O)C2=O. The van der Waals surface area contributed by atoms with Crippen LogP contribution in [0.1, 0.15) is 76.0 Å². The van der Waals surface area contributed by atoms with E-state index in [1.54, 1.807) is 36.4 Å². The molecule has 0 aliphatic carbocycles. The van der Waals surface area contributed by atoms with Crippen LogP contribution < -0.4 is 31.5 Å². The van der Waals surface area contributed by atoms with Gasteiger partial charge in [0.15, 0.2) is 5.82 Å². The fourth-order valence-electron chi connectivity index (χ4n) is 9.26. The van der Waals surface area contributed by atoms with Crippen molar-refractivity contribution in [2.45, 2.75) is 57.0 Å². The highest BCUT2D eigenvalue weighted by Gasteiger charge is 2.45. The molecule has 6 N–H and O–H groups in total. The normalized spacial score (nSPS) is 17.9. The highest BCUT2D eigenvalue weighted by molar-refractivity contribution is 6.25. The molecule has 0 spiro atoms. The molecule has 9 rings (SSSR count). The number of H-pyrrole nitrogens is 1. The van der Waals surface area contributed by atoms with Gasteiger partial charge in [-0.2, -0.15) is 5.10 Å². The number of ether oxygens (including phenoxy) is 1. The van der Waals surface area contributed by atoms with E-state index in [9.17, 15) is 37.5 Å². The van der Waals surface area contributed by atoms with Gasteiger partial charge in [0, 0.05) is 93.5 Å². The molecule has 0 radical (unpaired) electrons. The number of aromatic nitrogens is 2. The van der Waals surface area contributed by atoms with Crippen LogP contribution in [0.4, 0.5) is 31.7 Å². The van der Waals surface area contributed by atoms with Crippen molar-refractivity contribution < 1.29 is 42.3 Å². The molecule has 4 aliphatic rings. The molecule has 6 amide bonds. The van der Waals surface area contributed by atoms with Crippen LogP contribution in [0, 0.1) is 11.6 Å². The number of amides is 6. The molecule has 3 saturated heterocycles. The molecule has 354 valence electrons. The number of nitrogens with one attached hydrogen (secondary N) is 6. The molecule has 4 aliphatic heterocycles. The molecule has 0 bridgehead atoms. The quantitative estimate of drug-likeness (QED) is 0.0552. The van der Waals surface area contributed by atoms with Crippen molar-refractivity contribution in [2.24, 2.45) is 0 Å². The third kappa shape index (κ3) is 10.2. The summed E-state index contributed by atoms with van der Waals surface area (Å²) in [6, 6.07) is 18.4. The first-order valence-corrected chi connectivity index (χ1v) is 23.1. The van der Waals surface area contributed by atoms with Crippen LogP contribution in [-0.2, 0) is 19.1 Å². The molecule has 5 aromatic rings. The van der Waals surface area contributed by atoms with E-state index in [2.05, 4.69) is 46.6 Å². The van der Waals surface area contributed by atoms with Gasteiger partial charge < -0.3 is 30.9 Å². The van der Waals surface area contributed by atoms with Crippen LogP contribution in [0.25, 0.3) is 22.0 Å². The minimum atomic E-state index is -1.03. The number of hydrogen-bond donors (Lipinski definition) is 6. The number of hydrogen-bond acceptors (Lipinski definition) is 12. The Morgan fingerprint density at radius 3 is 2.35 bits per heavy atom. The van der Waals surface area contributed by atoms with Gasteiger partial charge in [-0.05, 0) is 104 Å². The van der Waals surface area contributed by atoms with Crippen molar-refractivity contribution in [3.63, 3.8) is 0 Å². The number of piperazine rings is 1. The molecule has 1 unspecified atom stereocenters. The lowest BCUT2D eigenvalue weighted by Crippen LogP contribution is -2.54. The topological polar surface area (TPSA) is 210 Å². The van der Waals surface area contributed by atoms with E-state index in [4.69, 9.17) is 4.74 Å². The lowest BCUT2D eigenvalue weighted by atomic mass is 10.0. The Balaban J connectivity index is 0.733. The Kier molecular flexibility index (Phi) is 13.7. The number of halogens is 2. The van der Waals surface area contributed by atoms with Gasteiger partial charge in [-0.15, -0.1) is 0 Å². The Hall–Kier alpha value is -7.25. The largest absolute Gasteiger partial charge is 0.384 e. The third-order valence-electron chi connectivity index (χ3n) is 12.9. The zero-order valence-corrected chi connectivity index (χ0v) is 37.3. The van der Waals surface area contributed by atoms with Crippen LogP contribution in [0.3, 0.4) is 0 Å². The van der Waals surface area contributed by atoms with Gasteiger partial charge >= 0.3 is 0 Å². The summed E-state index contributed by atoms with van der Waals surface area (Å²) in [4.78, 5) is 82.7. The fourth-order valence-corrected chi connectivity index (χ4v) is 9.26. The van der Waals surface area contributed by atoms with Crippen LogP contribution >= 0.6 is 0 Å². The maximum atomic E-state index is 13.9. The smallest absolute Gasteiger partial charge is 0.264 e. The van der Waals surface area contributed by atoms with E-state index in [-0.39, 0.29) is 48.4 Å². The maximum Gasteiger partial charge on any atom is 0.264 e. The highest BCUT2D eigenvalue weighted by Crippen LogP contribution is 2.34. The fraction of sp³-hybridized carbons (Fsp3) is 0.367. The first kappa shape index (κ1) is 45.9. The minimum absolute atomic E-state index is 0.0504. The predicted octanol–water partition coefficient (Wildman–Crippen LogP) is 5.27. The first-order valence-electron chi connectivity index (χ1n) is 23.1. The number of nitrogens with zero attached hydrogens (tertiary/aromatic N) is 4. The molecule has 0 saturated carbocycles. The van der Waals surface area contributed by atoms with Gasteiger partial charge in [0.05, 0.1) is 28.8 Å². The molecule has 19 heteroatoms. The Bertz CT molecular complexity index is 2750. The maximum absolute atomic E-state index is 13.9. The molecular formula is C49H52F2N10O7. The summed E-state index contributed by atoms with van der Waals surface area (Å²) in [6.45, 7) is 5.30. The summed E-state index contributed by atoms with van der Waals surface area (Å²) >= 11 is 0. The first-order chi connectivity index (χ1) is 33.0. The highest BCUT2D eigenvalue weighted by atomic mass is 19.1. The molecule has 4 aromatic carbocycles. The number of unbranched alkanes of at least 4 members (excludes halogenated alkanes) is 2. The summed E-state index contributed by atoms with van der Waals surface area (Å²) < 4.78 is 33.4. The van der Waals surface area contributed by atoms with Crippen molar-refractivity contribution in [2.75, 3.05) is 79.9 Å². The molecule has 3 fully saturated rings. The Morgan fingerprint density at radius 1 is 0.794 bits per heavy atom. The zero-order chi connectivity index (χ0) is 47.3. The van der Waals surface area contributed by atoms with Gasteiger partial charge in [0.2, 0.25) is 17.7 Å². The Labute approximate surface area is 390 Å². The molecule has 17 nitrogen and oxygen atoms in total. The monoisotopic (exact) mass is 930 g/mol. The van der Waals surface area contributed by atoms with E-state index in [1.165, 1.54) is 12.1 Å². The van der Waals surface area contributed by atoms with Crippen molar-refractivity contribution in [3.05, 3.63) is 101 Å². The number of piperidine rings is 1. The second kappa shape index (κ2) is 20.3. The van der Waals surface area contributed by atoms with E-state index < -0.39 is 41.3 Å². The summed E-state index contributed by atoms with van der Waals surface area (Å²) in [5.74, 6) is -3.60. The van der Waals surface area contributed by atoms with E-state index in [0.717, 1.165) is 48.8 Å². The number of benzene rings is 4. The van der Waals surface area contributed by atoms with Gasteiger partial charge in [0.25, 0.3) is 17.7 Å². The standard InChI is InChI=1S/C49H52F2N10O7/c50-31-23-30(24-32(51)26-31)29-7-9-35-40(25-29)57-58-45(35)56-46(64)36-10-8-34(27-39(36)54-33-13-21-68-22-14-33)60-19-17-59(18-20-60)28-43(63)53-16-3-1-2-15-52-38-6-4-5-37-44(38)49(67)61(48(37)66)41-11-12-42(62)55-47(41)65/h4-10,23-27,33,41,52,54H,1-3,11-22,28H2,(H,53,63)(H,55,62,65)(H2,56,57,58,64). The van der Waals surface area contributed by atoms with Gasteiger partial charge in [-0.3, -0.25) is 49.0 Å². The van der Waals surface area contributed by atoms with E-state index >= 15 is 0 Å². The second-order valence-electron chi connectivity index (χ2n) is 17.5. The van der Waals surface area contributed by atoms with E-state index in [1.807, 2.05) is 18.2 Å². The van der Waals surface area contributed by atoms with Crippen LogP contribution in [0.15, 0.2) is 72.8 Å². The lowest BCUT2D eigenvalue weighted by molar-refractivity contribution is -0.136. The number of aromatic amines is 1. The van der Waals surface area contributed by atoms with Crippen LogP contribution in [-0.4, -0.2) is 127 Å². The molecule has 1 atom stereocenters. The number of imide groups is 2. The van der Waals surface area contributed by atoms with Gasteiger partial charge in [0.1, 0.15) is 17.7 Å². The van der Waals surface area contributed by atoms with Gasteiger partial charge in [-0.25, -0.2) is 8.78 Å². The number of carbonyl (C=O) groups excluding carboxylic acids is 6. The Morgan fingerprint density at radius 2 is 1.57 bits per heavy atom. The van der Waals surface area contributed by atoms with Crippen molar-refractivity contribution in [1.29, 1.82) is 0 Å². The van der Waals surface area contributed by atoms with Crippen LogP contribution in [0.5, 0.6) is 0 Å². The summed E-state index contributed by atoms with van der Waals surface area (Å²) in [5, 5.41) is 23.0. The zero-order valence-electron chi connectivity index (χ0n) is 37.3. The third-order valence-corrected chi connectivity index (χ3v) is 12.9. The minimum Gasteiger partial charge on any atom is -0.384 e. The van der Waals surface area contributed by atoms with Crippen molar-refractivity contribution >= 4 is 69.2 Å². The summed E-state index contributed by atoms with van der Waals surface area (Å²) in [7, 11) is 0. The summed E-state index contributed by atoms with van der Waals surface area (Å²) in [6.07, 6.45) is 4.06. The number of fused-ring (bicyclic) bond motifs is 2. The molecule has 68 heavy (non-hydrogen) atoms. The number of anilines is 4. The average molecular weight is 931 g/mol. The molecular weight excluding hydrogens is 879 g/mol. The number of carbonyl (C=O) groups is 6. The van der Waals surface area contributed by atoms with Crippen molar-refractivity contribution in [1.82, 2.24) is 30.6 Å². The van der Waals surface area contributed by atoms with Gasteiger partial charge in [-0.1, -0.05) is 12.1 Å². The average Bonchev–Trinajstić information content (AvgIpc) is 3.84. The van der Waals surface area contributed by atoms with Crippen molar-refractivity contribution in [3.8, 4) is 11.1 Å². The predicted molar refractivity (Wildman–Crippen MR) is 250 cm³/mol. The second-order valence-corrected chi connectivity index (χ2v) is 17.5.